The summed E-state index contributed by atoms with van der Waals surface area (Å²) in [5.41, 5.74) is 2.36. The maximum atomic E-state index is 12.4. The largest absolute Gasteiger partial charge is 0.497 e. The quantitative estimate of drug-likeness (QED) is 0.657. The molecule has 0 fully saturated rings. The Morgan fingerprint density at radius 2 is 1.75 bits per heavy atom. The van der Waals surface area contributed by atoms with Crippen LogP contribution in [-0.2, 0) is 0 Å². The molecule has 0 aliphatic rings. The van der Waals surface area contributed by atoms with Gasteiger partial charge in [0.2, 0.25) is 0 Å². The van der Waals surface area contributed by atoms with Gasteiger partial charge in [-0.3, -0.25) is 4.79 Å². The Balaban J connectivity index is 1.78. The molecule has 7 nitrogen and oxygen atoms in total. The number of nitrogens with zero attached hydrogens (tertiary/aromatic N) is 3. The summed E-state index contributed by atoms with van der Waals surface area (Å²) in [6.07, 6.45) is 3.37. The number of carbonyl (C=O) groups is 1. The molecule has 1 aromatic carbocycles. The molecule has 0 saturated heterocycles. The van der Waals surface area contributed by atoms with Crippen molar-refractivity contribution in [2.45, 2.75) is 0 Å². The van der Waals surface area contributed by atoms with Gasteiger partial charge in [-0.05, 0) is 59.7 Å². The van der Waals surface area contributed by atoms with E-state index in [0.717, 1.165) is 16.9 Å². The number of aliphatic hydroxyl groups is 1. The molecule has 2 aromatic heterocycles. The number of aromatic nitrogens is 2. The van der Waals surface area contributed by atoms with Crippen LogP contribution in [0.5, 0.6) is 5.75 Å². The van der Waals surface area contributed by atoms with Crippen LogP contribution < -0.4 is 15.0 Å². The monoisotopic (exact) mass is 378 g/mol. The molecular weight excluding hydrogens is 356 g/mol. The molecule has 0 aliphatic heterocycles. The average Bonchev–Trinajstić information content (AvgIpc) is 2.74. The van der Waals surface area contributed by atoms with Crippen molar-refractivity contribution in [1.82, 2.24) is 9.97 Å². The van der Waals surface area contributed by atoms with Gasteiger partial charge in [0.15, 0.2) is 0 Å². The second kappa shape index (κ2) is 8.96. The lowest BCUT2D eigenvalue weighted by Crippen LogP contribution is -2.22. The number of methoxy groups -OCH3 is 1. The molecule has 1 amide bonds. The number of aliphatic hydroxyl groups excluding tert-OH is 1. The Bertz CT molecular complexity index is 944. The first-order valence-electron chi connectivity index (χ1n) is 8.80. The highest BCUT2D eigenvalue weighted by Gasteiger charge is 2.09. The summed E-state index contributed by atoms with van der Waals surface area (Å²) in [4.78, 5) is 22.9. The topological polar surface area (TPSA) is 87.6 Å². The minimum Gasteiger partial charge on any atom is -0.497 e. The van der Waals surface area contributed by atoms with Crippen LogP contribution in [0.2, 0.25) is 0 Å². The van der Waals surface area contributed by atoms with Gasteiger partial charge in [-0.25, -0.2) is 9.97 Å². The van der Waals surface area contributed by atoms with Gasteiger partial charge in [0, 0.05) is 31.5 Å². The Hall–Kier alpha value is -3.45. The maximum absolute atomic E-state index is 12.4. The van der Waals surface area contributed by atoms with Crippen LogP contribution in [0.3, 0.4) is 0 Å². The molecule has 3 rings (SSSR count). The highest BCUT2D eigenvalue weighted by Crippen LogP contribution is 2.24. The van der Waals surface area contributed by atoms with Gasteiger partial charge < -0.3 is 20.1 Å². The SMILES string of the molecule is COc1ccc(C(=O)Nc2cc(-c3ccnc(N(C)CCO)c3)ccn2)cc1. The molecule has 2 N–H and O–H groups in total. The Morgan fingerprint density at radius 3 is 2.43 bits per heavy atom. The smallest absolute Gasteiger partial charge is 0.256 e. The molecule has 144 valence electrons. The van der Waals surface area contributed by atoms with E-state index < -0.39 is 0 Å². The molecule has 0 spiro atoms. The number of pyridine rings is 2. The summed E-state index contributed by atoms with van der Waals surface area (Å²) in [5, 5.41) is 11.9. The molecule has 0 unspecified atom stereocenters. The van der Waals surface area contributed by atoms with Gasteiger partial charge in [0.25, 0.3) is 5.91 Å². The molecule has 0 bridgehead atoms. The van der Waals surface area contributed by atoms with Crippen LogP contribution in [0.4, 0.5) is 11.6 Å². The van der Waals surface area contributed by atoms with Gasteiger partial charge in [-0.2, -0.15) is 0 Å². The fraction of sp³-hybridized carbons (Fsp3) is 0.190. The van der Waals surface area contributed by atoms with E-state index in [0.29, 0.717) is 23.7 Å². The Kier molecular flexibility index (Phi) is 6.18. The van der Waals surface area contributed by atoms with Gasteiger partial charge in [0.1, 0.15) is 17.4 Å². The highest BCUT2D eigenvalue weighted by molar-refractivity contribution is 6.04. The van der Waals surface area contributed by atoms with Crippen LogP contribution >= 0.6 is 0 Å². The highest BCUT2D eigenvalue weighted by atomic mass is 16.5. The Labute approximate surface area is 163 Å². The molecule has 7 heteroatoms. The Morgan fingerprint density at radius 1 is 1.07 bits per heavy atom. The number of carbonyl (C=O) groups excluding carboxylic acids is 1. The predicted octanol–water partition coefficient (Wildman–Crippen LogP) is 2.83. The number of hydrogen-bond acceptors (Lipinski definition) is 6. The predicted molar refractivity (Wildman–Crippen MR) is 109 cm³/mol. The van der Waals surface area contributed by atoms with E-state index in [9.17, 15) is 4.79 Å². The lowest BCUT2D eigenvalue weighted by atomic mass is 10.1. The zero-order valence-electron chi connectivity index (χ0n) is 15.8. The maximum Gasteiger partial charge on any atom is 0.256 e. The third-order valence-electron chi connectivity index (χ3n) is 4.26. The van der Waals surface area contributed by atoms with E-state index in [2.05, 4.69) is 15.3 Å². The van der Waals surface area contributed by atoms with Crippen LogP contribution in [0.25, 0.3) is 11.1 Å². The van der Waals surface area contributed by atoms with Crippen molar-refractivity contribution in [3.63, 3.8) is 0 Å². The summed E-state index contributed by atoms with van der Waals surface area (Å²) in [7, 11) is 3.45. The van der Waals surface area contributed by atoms with Gasteiger partial charge in [0.05, 0.1) is 13.7 Å². The molecule has 3 aromatic rings. The number of anilines is 2. The minimum absolute atomic E-state index is 0.0548. The molecule has 0 aliphatic carbocycles. The number of likely N-dealkylation sites (N-methyl/N-ethyl adjacent to an activating group) is 1. The average molecular weight is 378 g/mol. The summed E-state index contributed by atoms with van der Waals surface area (Å²) >= 11 is 0. The number of hydrogen-bond donors (Lipinski definition) is 2. The van der Waals surface area contributed by atoms with Crippen molar-refractivity contribution >= 4 is 17.5 Å². The van der Waals surface area contributed by atoms with Gasteiger partial charge >= 0.3 is 0 Å². The number of ether oxygens (including phenoxy) is 1. The van der Waals surface area contributed by atoms with E-state index in [1.165, 1.54) is 0 Å². The summed E-state index contributed by atoms with van der Waals surface area (Å²) in [6.45, 7) is 0.551. The number of nitrogens with one attached hydrogen (secondary N) is 1. The van der Waals surface area contributed by atoms with Crippen molar-refractivity contribution < 1.29 is 14.6 Å². The normalized spacial score (nSPS) is 10.4. The van der Waals surface area contributed by atoms with E-state index in [1.54, 1.807) is 43.8 Å². The lowest BCUT2D eigenvalue weighted by molar-refractivity contribution is 0.102. The lowest BCUT2D eigenvalue weighted by Gasteiger charge is -2.17. The summed E-state index contributed by atoms with van der Waals surface area (Å²) < 4.78 is 5.11. The number of benzene rings is 1. The molecule has 0 atom stereocenters. The van der Waals surface area contributed by atoms with Crippen molar-refractivity contribution in [3.8, 4) is 16.9 Å². The third-order valence-corrected chi connectivity index (χ3v) is 4.26. The molecule has 0 radical (unpaired) electrons. The number of amides is 1. The fourth-order valence-corrected chi connectivity index (χ4v) is 2.68. The van der Waals surface area contributed by atoms with E-state index in [1.807, 2.05) is 36.2 Å². The minimum atomic E-state index is -0.245. The van der Waals surface area contributed by atoms with Crippen molar-refractivity contribution in [2.24, 2.45) is 0 Å². The van der Waals surface area contributed by atoms with E-state index >= 15 is 0 Å². The zero-order chi connectivity index (χ0) is 19.9. The fourth-order valence-electron chi connectivity index (χ4n) is 2.68. The number of rotatable bonds is 7. The first-order valence-corrected chi connectivity index (χ1v) is 8.80. The van der Waals surface area contributed by atoms with E-state index in [4.69, 9.17) is 9.84 Å². The molecule has 28 heavy (non-hydrogen) atoms. The first-order chi connectivity index (χ1) is 13.6. The molecule has 0 saturated carbocycles. The molecule has 2 heterocycles. The van der Waals surface area contributed by atoms with Gasteiger partial charge in [-0.15, -0.1) is 0 Å². The zero-order valence-corrected chi connectivity index (χ0v) is 15.8. The first kappa shape index (κ1) is 19.3. The third kappa shape index (κ3) is 4.63. The van der Waals surface area contributed by atoms with Crippen molar-refractivity contribution in [1.29, 1.82) is 0 Å². The summed E-state index contributed by atoms with van der Waals surface area (Å²) in [5.74, 6) is 1.66. The molecular formula is C21H22N4O3. The van der Waals surface area contributed by atoms with Crippen molar-refractivity contribution in [2.75, 3.05) is 37.5 Å². The van der Waals surface area contributed by atoms with Crippen LogP contribution in [0.1, 0.15) is 10.4 Å². The second-order valence-corrected chi connectivity index (χ2v) is 6.16. The van der Waals surface area contributed by atoms with Crippen molar-refractivity contribution in [3.05, 3.63) is 66.5 Å². The van der Waals surface area contributed by atoms with Crippen LogP contribution in [0, 0.1) is 0 Å². The summed E-state index contributed by atoms with van der Waals surface area (Å²) in [6, 6.07) is 14.4. The van der Waals surface area contributed by atoms with Crippen LogP contribution in [0.15, 0.2) is 60.9 Å². The van der Waals surface area contributed by atoms with Gasteiger partial charge in [-0.1, -0.05) is 0 Å². The standard InChI is InChI=1S/C21H22N4O3/c1-25(11-12-26)20-14-17(8-10-23-20)16-7-9-22-19(13-16)24-21(27)15-3-5-18(28-2)6-4-15/h3-10,13-14,26H,11-12H2,1-2H3,(H,22,24,27). The van der Waals surface area contributed by atoms with E-state index in [-0.39, 0.29) is 12.5 Å². The second-order valence-electron chi connectivity index (χ2n) is 6.16. The van der Waals surface area contributed by atoms with Crippen LogP contribution in [-0.4, -0.2) is 48.3 Å².